The molecule has 6 heteroatoms. The minimum absolute atomic E-state index is 0.0426. The summed E-state index contributed by atoms with van der Waals surface area (Å²) in [7, 11) is -2.14. The molecule has 0 unspecified atom stereocenters. The van der Waals surface area contributed by atoms with Crippen LogP contribution in [0.3, 0.4) is 0 Å². The minimum atomic E-state index is -3.87. The molecular weight excluding hydrogens is 518 g/mol. The van der Waals surface area contributed by atoms with E-state index in [0.29, 0.717) is 24.2 Å². The van der Waals surface area contributed by atoms with Crippen LogP contribution in [0.4, 0.5) is 5.69 Å². The molecule has 1 N–H and O–H groups in total. The number of benzene rings is 3. The van der Waals surface area contributed by atoms with Gasteiger partial charge in [-0.3, -0.25) is 4.18 Å². The molecule has 0 radical (unpaired) electrons. The fourth-order valence-corrected chi connectivity index (χ4v) is 9.08. The fraction of sp³-hybridized carbons (Fsp3) is 0.471. The highest BCUT2D eigenvalue weighted by Crippen LogP contribution is 2.60. The zero-order valence-electron chi connectivity index (χ0n) is 24.0. The Hall–Kier alpha value is -2.83. The summed E-state index contributed by atoms with van der Waals surface area (Å²) in [6.07, 6.45) is 5.45. The summed E-state index contributed by atoms with van der Waals surface area (Å²) in [4.78, 5) is 0.233. The number of para-hydroxylation sites is 1. The van der Waals surface area contributed by atoms with Gasteiger partial charge in [-0.2, -0.15) is 8.42 Å². The smallest absolute Gasteiger partial charge is 0.297 e. The number of nitrogens with one attached hydrogen (secondary N) is 1. The molecule has 0 aliphatic heterocycles. The van der Waals surface area contributed by atoms with E-state index in [9.17, 15) is 8.42 Å². The van der Waals surface area contributed by atoms with Gasteiger partial charge in [-0.25, -0.2) is 0 Å². The molecule has 212 valence electrons. The Labute approximate surface area is 239 Å². The highest BCUT2D eigenvalue weighted by molar-refractivity contribution is 7.86. The predicted molar refractivity (Wildman–Crippen MR) is 159 cm³/mol. The van der Waals surface area contributed by atoms with Gasteiger partial charge in [0, 0.05) is 11.7 Å². The number of fused-ring (bicyclic) bond motifs is 5. The summed E-state index contributed by atoms with van der Waals surface area (Å²) in [6.45, 7) is 6.53. The number of rotatable bonds is 6. The molecule has 3 aromatic rings. The standard InChI is InChI=1S/C34H41NO4S/c1-22-9-13-27(14-10-22)40(36,37)39-26-20-31-30-15-11-24-19-25(38-4)12-16-28(24)29(30)17-18-34(31,3)33(21-26)35-32-8-6-5-7-23(32)2/h5-10,12-14,16,19,26,29-31,33,35H,11,15,17-18,20-21H2,1-4H3/t26-,29+,30+,31-,33-,34-/m0/s1. The number of ether oxygens (including phenoxy) is 1. The molecule has 6 rings (SSSR count). The first-order valence-electron chi connectivity index (χ1n) is 14.7. The van der Waals surface area contributed by atoms with Gasteiger partial charge in [0.1, 0.15) is 5.75 Å². The van der Waals surface area contributed by atoms with Crippen molar-refractivity contribution in [3.63, 3.8) is 0 Å². The van der Waals surface area contributed by atoms with Gasteiger partial charge >= 0.3 is 0 Å². The van der Waals surface area contributed by atoms with Gasteiger partial charge in [-0.1, -0.05) is 48.9 Å². The SMILES string of the molecule is COc1ccc2c(c1)CC[C@@H]1[C@@H]2CC[C@]2(C)[C@@H](Nc3ccccc3C)C[C@@H](OS(=O)(=O)c3ccc(C)cc3)C[C@@H]12. The summed E-state index contributed by atoms with van der Waals surface area (Å²) < 4.78 is 38.5. The molecular formula is C34H41NO4S. The Morgan fingerprint density at radius 1 is 0.950 bits per heavy atom. The van der Waals surface area contributed by atoms with Crippen LogP contribution in [-0.4, -0.2) is 27.7 Å². The molecule has 0 heterocycles. The number of methoxy groups -OCH3 is 1. The van der Waals surface area contributed by atoms with Crippen molar-refractivity contribution in [3.8, 4) is 5.75 Å². The lowest BCUT2D eigenvalue weighted by molar-refractivity contribution is -0.0518. The first kappa shape index (κ1) is 27.3. The Morgan fingerprint density at radius 3 is 2.48 bits per heavy atom. The summed E-state index contributed by atoms with van der Waals surface area (Å²) >= 11 is 0. The minimum Gasteiger partial charge on any atom is -0.497 e. The lowest BCUT2D eigenvalue weighted by Crippen LogP contribution is -2.57. The van der Waals surface area contributed by atoms with Crippen LogP contribution in [0.2, 0.25) is 0 Å². The summed E-state index contributed by atoms with van der Waals surface area (Å²) in [5.41, 5.74) is 6.26. The lowest BCUT2D eigenvalue weighted by atomic mass is 9.49. The van der Waals surface area contributed by atoms with Crippen LogP contribution in [0, 0.1) is 31.1 Å². The van der Waals surface area contributed by atoms with Crippen LogP contribution in [-0.2, 0) is 20.7 Å². The monoisotopic (exact) mass is 559 g/mol. The van der Waals surface area contributed by atoms with E-state index >= 15 is 0 Å². The van der Waals surface area contributed by atoms with Crippen LogP contribution >= 0.6 is 0 Å². The molecule has 5 nitrogen and oxygen atoms in total. The van der Waals surface area contributed by atoms with Crippen LogP contribution in [0.5, 0.6) is 5.75 Å². The Balaban J connectivity index is 1.34. The van der Waals surface area contributed by atoms with E-state index in [1.807, 2.05) is 19.1 Å². The average molecular weight is 560 g/mol. The third kappa shape index (κ3) is 4.94. The van der Waals surface area contributed by atoms with E-state index < -0.39 is 10.1 Å². The van der Waals surface area contributed by atoms with E-state index in [2.05, 4.69) is 61.6 Å². The van der Waals surface area contributed by atoms with Gasteiger partial charge in [-0.05, 0) is 123 Å². The van der Waals surface area contributed by atoms with Crippen molar-refractivity contribution in [1.82, 2.24) is 0 Å². The molecule has 40 heavy (non-hydrogen) atoms. The number of hydrogen-bond acceptors (Lipinski definition) is 5. The van der Waals surface area contributed by atoms with Crippen molar-refractivity contribution >= 4 is 15.8 Å². The Bertz CT molecular complexity index is 1480. The molecule has 2 saturated carbocycles. The van der Waals surface area contributed by atoms with E-state index in [-0.39, 0.29) is 22.5 Å². The first-order valence-corrected chi connectivity index (χ1v) is 16.1. The molecule has 3 aromatic carbocycles. The number of anilines is 1. The average Bonchev–Trinajstić information content (AvgIpc) is 2.94. The highest BCUT2D eigenvalue weighted by Gasteiger charge is 2.55. The van der Waals surface area contributed by atoms with Crippen LogP contribution in [0.1, 0.15) is 67.2 Å². The number of aryl methyl sites for hydroxylation is 3. The molecule has 0 bridgehead atoms. The molecule has 0 aromatic heterocycles. The van der Waals surface area contributed by atoms with Gasteiger partial charge in [0.15, 0.2) is 0 Å². The maximum absolute atomic E-state index is 13.4. The zero-order valence-corrected chi connectivity index (χ0v) is 24.8. The van der Waals surface area contributed by atoms with E-state index in [4.69, 9.17) is 8.92 Å². The van der Waals surface area contributed by atoms with Gasteiger partial charge in [-0.15, -0.1) is 0 Å². The zero-order chi connectivity index (χ0) is 28.1. The van der Waals surface area contributed by atoms with E-state index in [1.165, 1.54) is 16.7 Å². The van der Waals surface area contributed by atoms with Crippen molar-refractivity contribution in [1.29, 1.82) is 0 Å². The quantitative estimate of drug-likeness (QED) is 0.318. The normalized spacial score (nSPS) is 29.6. The van der Waals surface area contributed by atoms with Crippen molar-refractivity contribution in [2.24, 2.45) is 17.3 Å². The van der Waals surface area contributed by atoms with E-state index in [1.54, 1.807) is 19.2 Å². The van der Waals surface area contributed by atoms with Crippen molar-refractivity contribution in [2.45, 2.75) is 82.3 Å². The molecule has 0 amide bonds. The van der Waals surface area contributed by atoms with Crippen molar-refractivity contribution in [3.05, 3.63) is 89.0 Å². The second-order valence-corrected chi connectivity index (χ2v) is 14.1. The Kier molecular flexibility index (Phi) is 7.20. The molecule has 3 aliphatic rings. The third-order valence-electron chi connectivity index (χ3n) is 10.2. The molecule has 0 saturated heterocycles. The third-order valence-corrected chi connectivity index (χ3v) is 11.6. The van der Waals surface area contributed by atoms with E-state index in [0.717, 1.165) is 49.1 Å². The maximum atomic E-state index is 13.4. The first-order chi connectivity index (χ1) is 19.2. The van der Waals surface area contributed by atoms with Crippen molar-refractivity contribution < 1.29 is 17.3 Å². The molecule has 6 atom stereocenters. The van der Waals surface area contributed by atoms with Gasteiger partial charge < -0.3 is 10.1 Å². The predicted octanol–water partition coefficient (Wildman–Crippen LogP) is 7.42. The number of hydrogen-bond donors (Lipinski definition) is 1. The van der Waals surface area contributed by atoms with Crippen LogP contribution in [0.15, 0.2) is 71.6 Å². The summed E-state index contributed by atoms with van der Waals surface area (Å²) in [5, 5.41) is 3.89. The van der Waals surface area contributed by atoms with Crippen LogP contribution < -0.4 is 10.1 Å². The molecule has 2 fully saturated rings. The second-order valence-electron chi connectivity index (χ2n) is 12.5. The lowest BCUT2D eigenvalue weighted by Gasteiger charge is -2.58. The Morgan fingerprint density at radius 2 is 1.73 bits per heavy atom. The fourth-order valence-electron chi connectivity index (χ4n) is 7.99. The largest absolute Gasteiger partial charge is 0.497 e. The van der Waals surface area contributed by atoms with Crippen molar-refractivity contribution in [2.75, 3.05) is 12.4 Å². The topological polar surface area (TPSA) is 64.6 Å². The maximum Gasteiger partial charge on any atom is 0.297 e. The second kappa shape index (κ2) is 10.5. The van der Waals surface area contributed by atoms with Crippen LogP contribution in [0.25, 0.3) is 0 Å². The summed E-state index contributed by atoms with van der Waals surface area (Å²) in [5.74, 6) is 2.26. The van der Waals surface area contributed by atoms with Gasteiger partial charge in [0.25, 0.3) is 10.1 Å². The highest BCUT2D eigenvalue weighted by atomic mass is 32.2. The van der Waals surface area contributed by atoms with Gasteiger partial charge in [0.05, 0.1) is 18.1 Å². The summed E-state index contributed by atoms with van der Waals surface area (Å²) in [6, 6.07) is 22.1. The molecule has 0 spiro atoms. The molecule has 3 aliphatic carbocycles. The van der Waals surface area contributed by atoms with Gasteiger partial charge in [0.2, 0.25) is 0 Å².